The molecular weight excluding hydrogens is 372 g/mol. The fourth-order valence-corrected chi connectivity index (χ4v) is 2.13. The molecule has 2 amide bonds. The Kier molecular flexibility index (Phi) is 10.0. The molecule has 28 heavy (non-hydrogen) atoms. The highest BCUT2D eigenvalue weighted by Gasteiger charge is 2.24. The number of carbonyl (C=O) groups is 4. The van der Waals surface area contributed by atoms with E-state index in [1.165, 1.54) is 0 Å². The molecule has 0 saturated carbocycles. The van der Waals surface area contributed by atoms with Gasteiger partial charge in [0.25, 0.3) is 0 Å². The summed E-state index contributed by atoms with van der Waals surface area (Å²) in [6, 6.07) is 6.24. The number of carboxylic acids is 1. The van der Waals surface area contributed by atoms with E-state index in [1.807, 2.05) is 0 Å². The van der Waals surface area contributed by atoms with Gasteiger partial charge < -0.3 is 30.3 Å². The fourth-order valence-electron chi connectivity index (χ4n) is 2.13. The number of hydrogen-bond acceptors (Lipinski definition) is 7. The highest BCUT2D eigenvalue weighted by atomic mass is 16.5. The van der Waals surface area contributed by atoms with Crippen molar-refractivity contribution in [3.8, 4) is 0 Å². The van der Waals surface area contributed by atoms with Crippen molar-refractivity contribution in [3.63, 3.8) is 0 Å². The average Bonchev–Trinajstić information content (AvgIpc) is 2.68. The summed E-state index contributed by atoms with van der Waals surface area (Å²) < 4.78 is 9.64. The number of benzene rings is 1. The van der Waals surface area contributed by atoms with Gasteiger partial charge >= 0.3 is 18.0 Å². The van der Waals surface area contributed by atoms with Gasteiger partial charge in [-0.25, -0.2) is 14.4 Å². The van der Waals surface area contributed by atoms with Crippen LogP contribution in [0.2, 0.25) is 0 Å². The van der Waals surface area contributed by atoms with Crippen LogP contribution in [-0.4, -0.2) is 59.4 Å². The monoisotopic (exact) mass is 396 g/mol. The fraction of sp³-hybridized carbons (Fsp3) is 0.444. The standard InChI is InChI=1S/C18H24N2O8/c1-2-27-17(25)14(10-21)19-15(22)9-8-13(16(23)24)20-18(26)28-11-12-6-4-3-5-7-12/h3-7,13-14,21H,2,8-11H2,1H3,(H,19,22)(H,20,26)(H,23,24)/t13?,14-/m0/s1. The van der Waals surface area contributed by atoms with Gasteiger partial charge in [0.15, 0.2) is 6.04 Å². The Morgan fingerprint density at radius 3 is 2.29 bits per heavy atom. The number of ether oxygens (including phenoxy) is 2. The first-order valence-electron chi connectivity index (χ1n) is 8.64. The summed E-state index contributed by atoms with van der Waals surface area (Å²) in [4.78, 5) is 46.5. The molecule has 1 rings (SSSR count). The maximum Gasteiger partial charge on any atom is 0.408 e. The molecule has 0 bridgehead atoms. The number of alkyl carbamates (subject to hydrolysis) is 1. The number of carbonyl (C=O) groups excluding carboxylic acids is 3. The van der Waals surface area contributed by atoms with E-state index in [1.54, 1.807) is 37.3 Å². The summed E-state index contributed by atoms with van der Waals surface area (Å²) in [5.41, 5.74) is 0.734. The molecule has 1 aromatic carbocycles. The smallest absolute Gasteiger partial charge is 0.408 e. The third-order valence-electron chi connectivity index (χ3n) is 3.55. The van der Waals surface area contributed by atoms with Crippen molar-refractivity contribution < 1.29 is 38.9 Å². The second-order valence-electron chi connectivity index (χ2n) is 5.69. The molecule has 10 nitrogen and oxygen atoms in total. The minimum atomic E-state index is -1.36. The maximum atomic E-state index is 11.9. The first-order chi connectivity index (χ1) is 13.4. The lowest BCUT2D eigenvalue weighted by Crippen LogP contribution is -2.46. The van der Waals surface area contributed by atoms with E-state index < -0.39 is 42.6 Å². The van der Waals surface area contributed by atoms with Gasteiger partial charge in [-0.1, -0.05) is 30.3 Å². The molecule has 1 aromatic rings. The van der Waals surface area contributed by atoms with E-state index in [2.05, 4.69) is 10.6 Å². The summed E-state index contributed by atoms with van der Waals surface area (Å²) in [6.07, 6.45) is -1.47. The number of aliphatic hydroxyl groups is 1. The van der Waals surface area contributed by atoms with Crippen LogP contribution in [0.25, 0.3) is 0 Å². The second-order valence-corrected chi connectivity index (χ2v) is 5.69. The zero-order chi connectivity index (χ0) is 20.9. The Balaban J connectivity index is 2.46. The quantitative estimate of drug-likeness (QED) is 0.387. The van der Waals surface area contributed by atoms with Crippen LogP contribution in [0.15, 0.2) is 30.3 Å². The first-order valence-corrected chi connectivity index (χ1v) is 8.64. The van der Waals surface area contributed by atoms with Crippen LogP contribution < -0.4 is 10.6 Å². The number of amides is 2. The number of carboxylic acid groups (broad SMARTS) is 1. The average molecular weight is 396 g/mol. The zero-order valence-corrected chi connectivity index (χ0v) is 15.4. The first kappa shape index (κ1) is 22.9. The van der Waals surface area contributed by atoms with Crippen molar-refractivity contribution >= 4 is 23.9 Å². The predicted molar refractivity (Wildman–Crippen MR) is 96.1 cm³/mol. The number of rotatable bonds is 11. The molecule has 0 aromatic heterocycles. The Labute approximate surface area is 161 Å². The molecule has 0 heterocycles. The summed E-state index contributed by atoms with van der Waals surface area (Å²) in [5, 5.41) is 22.7. The second kappa shape index (κ2) is 12.3. The maximum absolute atomic E-state index is 11.9. The van der Waals surface area contributed by atoms with Crippen molar-refractivity contribution in [3.05, 3.63) is 35.9 Å². The Morgan fingerprint density at radius 2 is 1.71 bits per heavy atom. The van der Waals surface area contributed by atoms with Gasteiger partial charge in [0.2, 0.25) is 5.91 Å². The Hall–Kier alpha value is -3.14. The minimum absolute atomic E-state index is 0.0305. The summed E-state index contributed by atoms with van der Waals surface area (Å²) in [5.74, 6) is -2.80. The van der Waals surface area contributed by atoms with Gasteiger partial charge in [-0.2, -0.15) is 0 Å². The lowest BCUT2D eigenvalue weighted by molar-refractivity contribution is -0.148. The molecule has 0 fully saturated rings. The lowest BCUT2D eigenvalue weighted by Gasteiger charge is -2.17. The van der Waals surface area contributed by atoms with Crippen molar-refractivity contribution in [2.24, 2.45) is 0 Å². The normalized spacial score (nSPS) is 12.4. The van der Waals surface area contributed by atoms with Crippen LogP contribution in [-0.2, 0) is 30.5 Å². The molecule has 0 saturated heterocycles. The van der Waals surface area contributed by atoms with E-state index in [0.29, 0.717) is 0 Å². The molecule has 10 heteroatoms. The number of aliphatic carboxylic acids is 1. The number of nitrogens with one attached hydrogen (secondary N) is 2. The van der Waals surface area contributed by atoms with Gasteiger partial charge in [-0.3, -0.25) is 4.79 Å². The lowest BCUT2D eigenvalue weighted by atomic mass is 10.1. The van der Waals surface area contributed by atoms with Crippen LogP contribution in [0.5, 0.6) is 0 Å². The highest BCUT2D eigenvalue weighted by Crippen LogP contribution is 2.03. The predicted octanol–water partition coefficient (Wildman–Crippen LogP) is 0.186. The van der Waals surface area contributed by atoms with E-state index in [4.69, 9.17) is 14.6 Å². The third-order valence-corrected chi connectivity index (χ3v) is 3.55. The highest BCUT2D eigenvalue weighted by molar-refractivity contribution is 5.85. The van der Waals surface area contributed by atoms with Gasteiger partial charge in [0.1, 0.15) is 12.6 Å². The zero-order valence-electron chi connectivity index (χ0n) is 15.4. The van der Waals surface area contributed by atoms with E-state index in [0.717, 1.165) is 5.56 Å². The van der Waals surface area contributed by atoms with Crippen molar-refractivity contribution in [2.75, 3.05) is 13.2 Å². The summed E-state index contributed by atoms with van der Waals surface area (Å²) >= 11 is 0. The van der Waals surface area contributed by atoms with Crippen molar-refractivity contribution in [1.82, 2.24) is 10.6 Å². The van der Waals surface area contributed by atoms with Crippen LogP contribution in [0.3, 0.4) is 0 Å². The van der Waals surface area contributed by atoms with Gasteiger partial charge in [-0.15, -0.1) is 0 Å². The van der Waals surface area contributed by atoms with E-state index in [-0.39, 0.29) is 26.1 Å². The van der Waals surface area contributed by atoms with E-state index >= 15 is 0 Å². The van der Waals surface area contributed by atoms with Crippen LogP contribution >= 0.6 is 0 Å². The van der Waals surface area contributed by atoms with Crippen LogP contribution in [0.4, 0.5) is 4.79 Å². The largest absolute Gasteiger partial charge is 0.480 e. The van der Waals surface area contributed by atoms with Gasteiger partial charge in [0.05, 0.1) is 13.2 Å². The van der Waals surface area contributed by atoms with Gasteiger partial charge in [-0.05, 0) is 18.9 Å². The molecule has 0 radical (unpaired) electrons. The van der Waals surface area contributed by atoms with Crippen LogP contribution in [0, 0.1) is 0 Å². The number of aliphatic hydroxyl groups excluding tert-OH is 1. The van der Waals surface area contributed by atoms with Crippen LogP contribution in [0.1, 0.15) is 25.3 Å². The topological polar surface area (TPSA) is 151 Å². The molecule has 1 unspecified atom stereocenters. The SMILES string of the molecule is CCOC(=O)[C@H](CO)NC(=O)CCC(NC(=O)OCc1ccccc1)C(=O)O. The van der Waals surface area contributed by atoms with Crippen molar-refractivity contribution in [1.29, 1.82) is 0 Å². The molecule has 4 N–H and O–H groups in total. The molecule has 0 aliphatic carbocycles. The van der Waals surface area contributed by atoms with E-state index in [9.17, 15) is 24.3 Å². The molecular formula is C18H24N2O8. The number of esters is 1. The molecule has 0 spiro atoms. The molecule has 2 atom stereocenters. The number of hydrogen-bond donors (Lipinski definition) is 4. The van der Waals surface area contributed by atoms with Crippen molar-refractivity contribution in [2.45, 2.75) is 38.5 Å². The Bertz CT molecular complexity index is 665. The molecule has 0 aliphatic heterocycles. The molecule has 154 valence electrons. The summed E-state index contributed by atoms with van der Waals surface area (Å²) in [6.45, 7) is 0.976. The van der Waals surface area contributed by atoms with Gasteiger partial charge in [0, 0.05) is 6.42 Å². The third kappa shape index (κ3) is 8.49. The Morgan fingerprint density at radius 1 is 1.04 bits per heavy atom. The molecule has 0 aliphatic rings. The summed E-state index contributed by atoms with van der Waals surface area (Å²) in [7, 11) is 0. The minimum Gasteiger partial charge on any atom is -0.480 e.